The largest absolute Gasteiger partial charge is 0.492 e. The Labute approximate surface area is 160 Å². The highest BCUT2D eigenvalue weighted by molar-refractivity contribution is 6.30. The van der Waals surface area contributed by atoms with Crippen molar-refractivity contribution in [1.82, 2.24) is 9.97 Å². The minimum absolute atomic E-state index is 0.0999. The number of esters is 1. The summed E-state index contributed by atoms with van der Waals surface area (Å²) in [7, 11) is 0. The van der Waals surface area contributed by atoms with Crippen molar-refractivity contribution in [3.63, 3.8) is 0 Å². The van der Waals surface area contributed by atoms with Crippen LogP contribution in [0.3, 0.4) is 0 Å². The molecule has 1 atom stereocenters. The molecule has 0 unspecified atom stereocenters. The quantitative estimate of drug-likeness (QED) is 0.701. The Kier molecular flexibility index (Phi) is 4.58. The molecule has 1 aliphatic rings. The molecule has 6 nitrogen and oxygen atoms in total. The van der Waals surface area contributed by atoms with Crippen molar-refractivity contribution in [1.29, 1.82) is 0 Å². The monoisotopic (exact) mass is 384 g/mol. The summed E-state index contributed by atoms with van der Waals surface area (Å²) in [6, 6.07) is 10.7. The predicted molar refractivity (Wildman–Crippen MR) is 101 cm³/mol. The molecule has 7 heteroatoms. The summed E-state index contributed by atoms with van der Waals surface area (Å²) in [5.74, 6) is 0.229. The number of benzene rings is 2. The number of hydrogen-bond donors (Lipinski definition) is 1. The molecule has 0 bridgehead atoms. The zero-order valence-corrected chi connectivity index (χ0v) is 15.4. The molecule has 0 spiro atoms. The third-order valence-corrected chi connectivity index (χ3v) is 4.84. The van der Waals surface area contributed by atoms with Gasteiger partial charge in [0, 0.05) is 5.02 Å². The Morgan fingerprint density at radius 2 is 2.22 bits per heavy atom. The first-order valence-corrected chi connectivity index (χ1v) is 8.95. The van der Waals surface area contributed by atoms with Crippen LogP contribution in [0.1, 0.15) is 17.0 Å². The average molecular weight is 385 g/mol. The van der Waals surface area contributed by atoms with Crippen LogP contribution in [-0.2, 0) is 22.6 Å². The van der Waals surface area contributed by atoms with Crippen LogP contribution in [-0.4, -0.2) is 22.5 Å². The zero-order chi connectivity index (χ0) is 19.0. The molecule has 0 amide bonds. The van der Waals surface area contributed by atoms with Gasteiger partial charge in [0.25, 0.3) is 5.56 Å². The van der Waals surface area contributed by atoms with Crippen molar-refractivity contribution in [2.45, 2.75) is 20.0 Å². The maximum absolute atomic E-state index is 12.4. The minimum Gasteiger partial charge on any atom is -0.492 e. The number of carbonyl (C=O) groups excluding carboxylic acids is 1. The van der Waals surface area contributed by atoms with Crippen molar-refractivity contribution in [3.05, 3.63) is 68.7 Å². The smallest absolute Gasteiger partial charge is 0.313 e. The lowest BCUT2D eigenvalue weighted by molar-refractivity contribution is -0.151. The lowest BCUT2D eigenvalue weighted by Crippen LogP contribution is -2.30. The summed E-state index contributed by atoms with van der Waals surface area (Å²) >= 11 is 6.01. The van der Waals surface area contributed by atoms with Crippen molar-refractivity contribution >= 4 is 28.5 Å². The van der Waals surface area contributed by atoms with Crippen molar-refractivity contribution in [2.75, 3.05) is 6.61 Å². The number of aromatic amines is 1. The van der Waals surface area contributed by atoms with Crippen LogP contribution in [0.15, 0.2) is 41.2 Å². The standard InChI is InChI=1S/C20H17ClN2O4/c1-11-3-2-4-15-18(11)22-17(23-19(15)24)10-27-20(25)13-7-12-8-14(21)5-6-16(12)26-9-13/h2-6,8,13H,7,9-10H2,1H3,(H,22,23,24)/t13-/m0/s1. The lowest BCUT2D eigenvalue weighted by Gasteiger charge is -2.24. The van der Waals surface area contributed by atoms with Crippen LogP contribution < -0.4 is 10.3 Å². The van der Waals surface area contributed by atoms with Gasteiger partial charge in [-0.15, -0.1) is 0 Å². The fourth-order valence-corrected chi connectivity index (χ4v) is 3.39. The Balaban J connectivity index is 1.48. The van der Waals surface area contributed by atoms with E-state index in [1.807, 2.05) is 19.1 Å². The van der Waals surface area contributed by atoms with E-state index >= 15 is 0 Å². The van der Waals surface area contributed by atoms with Crippen molar-refractivity contribution in [2.24, 2.45) is 5.92 Å². The number of aryl methyl sites for hydroxylation is 1. The Bertz CT molecular complexity index is 1090. The van der Waals surface area contributed by atoms with E-state index in [0.717, 1.165) is 16.9 Å². The van der Waals surface area contributed by atoms with E-state index in [0.29, 0.717) is 28.2 Å². The molecule has 2 aromatic carbocycles. The summed E-state index contributed by atoms with van der Waals surface area (Å²) < 4.78 is 11.0. The van der Waals surface area contributed by atoms with Gasteiger partial charge in [0.05, 0.1) is 16.8 Å². The first kappa shape index (κ1) is 17.5. The van der Waals surface area contributed by atoms with Crippen molar-refractivity contribution < 1.29 is 14.3 Å². The number of ether oxygens (including phenoxy) is 2. The number of hydrogen-bond acceptors (Lipinski definition) is 5. The van der Waals surface area contributed by atoms with Crippen molar-refractivity contribution in [3.8, 4) is 5.75 Å². The van der Waals surface area contributed by atoms with Gasteiger partial charge in [0.15, 0.2) is 0 Å². The number of rotatable bonds is 3. The van der Waals surface area contributed by atoms with E-state index in [1.54, 1.807) is 24.3 Å². The maximum atomic E-state index is 12.4. The normalized spacial score (nSPS) is 15.9. The van der Waals surface area contributed by atoms with Crippen LogP contribution in [0.25, 0.3) is 10.9 Å². The highest BCUT2D eigenvalue weighted by Crippen LogP contribution is 2.30. The number of carbonyl (C=O) groups is 1. The molecule has 0 saturated heterocycles. The lowest BCUT2D eigenvalue weighted by atomic mass is 9.97. The van der Waals surface area contributed by atoms with E-state index < -0.39 is 11.9 Å². The molecule has 0 aliphatic carbocycles. The van der Waals surface area contributed by atoms with Crippen LogP contribution in [0.5, 0.6) is 5.75 Å². The van der Waals surface area contributed by atoms with Gasteiger partial charge >= 0.3 is 5.97 Å². The number of para-hydroxylation sites is 1. The third kappa shape index (κ3) is 3.53. The average Bonchev–Trinajstić information content (AvgIpc) is 2.66. The molecule has 0 fully saturated rings. The molecule has 1 aliphatic heterocycles. The Hall–Kier alpha value is -2.86. The second kappa shape index (κ2) is 7.04. The van der Waals surface area contributed by atoms with E-state index in [2.05, 4.69) is 9.97 Å². The number of fused-ring (bicyclic) bond motifs is 2. The van der Waals surface area contributed by atoms with Gasteiger partial charge in [-0.05, 0) is 48.7 Å². The number of nitrogens with one attached hydrogen (secondary N) is 1. The summed E-state index contributed by atoms with van der Waals surface area (Å²) in [5.41, 5.74) is 2.13. The summed E-state index contributed by atoms with van der Waals surface area (Å²) in [4.78, 5) is 31.7. The zero-order valence-electron chi connectivity index (χ0n) is 14.6. The first-order chi connectivity index (χ1) is 13.0. The second-order valence-electron chi connectivity index (χ2n) is 6.56. The second-order valence-corrected chi connectivity index (χ2v) is 6.99. The highest BCUT2D eigenvalue weighted by atomic mass is 35.5. The van der Waals surface area contributed by atoms with Gasteiger partial charge in [-0.25, -0.2) is 4.98 Å². The van der Waals surface area contributed by atoms with Crippen LogP contribution >= 0.6 is 11.6 Å². The molecular formula is C20H17ClN2O4. The molecule has 1 N–H and O–H groups in total. The molecule has 3 aromatic rings. The Morgan fingerprint density at radius 3 is 3.07 bits per heavy atom. The Morgan fingerprint density at radius 1 is 1.37 bits per heavy atom. The summed E-state index contributed by atoms with van der Waals surface area (Å²) in [6.45, 7) is 2.03. The van der Waals surface area contributed by atoms with Crippen LogP contribution in [0.2, 0.25) is 5.02 Å². The molecule has 1 aromatic heterocycles. The van der Waals surface area contributed by atoms with Gasteiger partial charge in [-0.2, -0.15) is 0 Å². The molecule has 138 valence electrons. The fourth-order valence-electron chi connectivity index (χ4n) is 3.19. The summed E-state index contributed by atoms with van der Waals surface area (Å²) in [5, 5.41) is 1.11. The topological polar surface area (TPSA) is 81.3 Å². The van der Waals surface area contributed by atoms with Gasteiger partial charge in [-0.3, -0.25) is 9.59 Å². The first-order valence-electron chi connectivity index (χ1n) is 8.57. The maximum Gasteiger partial charge on any atom is 0.313 e. The molecule has 0 saturated carbocycles. The molecule has 0 radical (unpaired) electrons. The SMILES string of the molecule is Cc1cccc2c(=O)[nH]c(COC(=O)[C@@H]3COc4ccc(Cl)cc4C3)nc12. The van der Waals surface area contributed by atoms with E-state index in [9.17, 15) is 9.59 Å². The summed E-state index contributed by atoms with van der Waals surface area (Å²) in [6.07, 6.45) is 0.496. The number of halogens is 1. The van der Waals surface area contributed by atoms with Gasteiger partial charge in [-0.1, -0.05) is 23.7 Å². The van der Waals surface area contributed by atoms with Gasteiger partial charge in [0.1, 0.15) is 24.8 Å². The third-order valence-electron chi connectivity index (χ3n) is 4.60. The molecule has 27 heavy (non-hydrogen) atoms. The van der Waals surface area contributed by atoms with Crippen LogP contribution in [0.4, 0.5) is 0 Å². The number of aromatic nitrogens is 2. The number of H-pyrrole nitrogens is 1. The van der Waals surface area contributed by atoms with Gasteiger partial charge in [0.2, 0.25) is 0 Å². The fraction of sp³-hybridized carbons (Fsp3) is 0.250. The van der Waals surface area contributed by atoms with E-state index in [1.165, 1.54) is 0 Å². The van der Waals surface area contributed by atoms with E-state index in [4.69, 9.17) is 21.1 Å². The van der Waals surface area contributed by atoms with Gasteiger partial charge < -0.3 is 14.5 Å². The highest BCUT2D eigenvalue weighted by Gasteiger charge is 2.27. The minimum atomic E-state index is -0.426. The molecule has 4 rings (SSSR count). The molecular weight excluding hydrogens is 368 g/mol. The van der Waals surface area contributed by atoms with E-state index in [-0.39, 0.29) is 18.8 Å². The van der Waals surface area contributed by atoms with Crippen LogP contribution in [0, 0.1) is 12.8 Å². The molecule has 2 heterocycles. The number of nitrogens with zero attached hydrogens (tertiary/aromatic N) is 1. The predicted octanol–water partition coefficient (Wildman–Crippen LogP) is 3.18.